The summed E-state index contributed by atoms with van der Waals surface area (Å²) in [6, 6.07) is 7.58. The van der Waals surface area contributed by atoms with Crippen LogP contribution in [0.2, 0.25) is 5.02 Å². The van der Waals surface area contributed by atoms with Crippen molar-refractivity contribution in [1.82, 2.24) is 9.97 Å². The van der Waals surface area contributed by atoms with Crippen LogP contribution in [0.1, 0.15) is 0 Å². The highest BCUT2D eigenvalue weighted by Crippen LogP contribution is 2.31. The first-order chi connectivity index (χ1) is 10.5. The molecule has 0 saturated heterocycles. The van der Waals surface area contributed by atoms with Crippen molar-refractivity contribution in [3.8, 4) is 17.1 Å². The Labute approximate surface area is 130 Å². The molecule has 0 aliphatic carbocycles. The van der Waals surface area contributed by atoms with Crippen LogP contribution < -0.4 is 16.2 Å². The Bertz CT molecular complexity index is 885. The predicted molar refractivity (Wildman–Crippen MR) is 85.3 cm³/mol. The van der Waals surface area contributed by atoms with E-state index in [1.54, 1.807) is 12.1 Å². The minimum Gasteiger partial charge on any atom is -0.495 e. The molecular formula is C15H12ClFN4O. The maximum absolute atomic E-state index is 13.3. The molecule has 3 aromatic rings. The van der Waals surface area contributed by atoms with Crippen LogP contribution in [0.15, 0.2) is 30.3 Å². The number of methoxy groups -OCH3 is 1. The van der Waals surface area contributed by atoms with Crippen LogP contribution in [0.4, 0.5) is 15.9 Å². The fraction of sp³-hybridized carbons (Fsp3) is 0.0667. The van der Waals surface area contributed by atoms with Crippen molar-refractivity contribution in [3.63, 3.8) is 0 Å². The summed E-state index contributed by atoms with van der Waals surface area (Å²) >= 11 is 5.79. The minimum absolute atomic E-state index is 0.00495. The zero-order chi connectivity index (χ0) is 15.9. The van der Waals surface area contributed by atoms with Crippen molar-refractivity contribution in [2.75, 3.05) is 18.6 Å². The summed E-state index contributed by atoms with van der Waals surface area (Å²) in [5.41, 5.74) is 13.4. The second kappa shape index (κ2) is 5.31. The zero-order valence-corrected chi connectivity index (χ0v) is 12.4. The molecular weight excluding hydrogens is 307 g/mol. The Hall–Kier alpha value is -2.60. The fourth-order valence-electron chi connectivity index (χ4n) is 2.14. The van der Waals surface area contributed by atoms with Crippen LogP contribution in [0.25, 0.3) is 22.3 Å². The maximum atomic E-state index is 13.3. The van der Waals surface area contributed by atoms with E-state index in [1.807, 2.05) is 0 Å². The number of halogens is 2. The molecule has 0 bridgehead atoms. The molecule has 5 nitrogen and oxygen atoms in total. The number of benzene rings is 2. The van der Waals surface area contributed by atoms with Gasteiger partial charge in [-0.2, -0.15) is 0 Å². The highest BCUT2D eigenvalue weighted by Gasteiger charge is 2.12. The van der Waals surface area contributed by atoms with Gasteiger partial charge in [-0.15, -0.1) is 0 Å². The van der Waals surface area contributed by atoms with Gasteiger partial charge in [0.1, 0.15) is 17.4 Å². The summed E-state index contributed by atoms with van der Waals surface area (Å²) in [5, 5.41) is 0.616. The van der Waals surface area contributed by atoms with Crippen molar-refractivity contribution < 1.29 is 9.13 Å². The van der Waals surface area contributed by atoms with E-state index in [-0.39, 0.29) is 10.8 Å². The summed E-state index contributed by atoms with van der Waals surface area (Å²) in [6.07, 6.45) is 0. The SMILES string of the molecule is COc1cc2nc(-c3ccc(F)c(Cl)c3)nc(N)c2cc1N. The number of nitrogen functional groups attached to an aromatic ring is 2. The lowest BCUT2D eigenvalue weighted by molar-refractivity contribution is 0.417. The predicted octanol–water partition coefficient (Wildman–Crippen LogP) is 3.26. The molecule has 2 aromatic carbocycles. The van der Waals surface area contributed by atoms with Crippen molar-refractivity contribution in [3.05, 3.63) is 41.2 Å². The molecule has 4 N–H and O–H groups in total. The monoisotopic (exact) mass is 318 g/mol. The third-order valence-corrected chi connectivity index (χ3v) is 3.54. The third-order valence-electron chi connectivity index (χ3n) is 3.25. The molecule has 0 aliphatic heterocycles. The quantitative estimate of drug-likeness (QED) is 0.708. The highest BCUT2D eigenvalue weighted by molar-refractivity contribution is 6.31. The molecule has 0 unspecified atom stereocenters. The molecule has 0 spiro atoms. The topological polar surface area (TPSA) is 87.0 Å². The summed E-state index contributed by atoms with van der Waals surface area (Å²) in [7, 11) is 1.52. The van der Waals surface area contributed by atoms with Gasteiger partial charge in [0.05, 0.1) is 23.3 Å². The van der Waals surface area contributed by atoms with Crippen LogP contribution in [-0.4, -0.2) is 17.1 Å². The van der Waals surface area contributed by atoms with Gasteiger partial charge >= 0.3 is 0 Å². The van der Waals surface area contributed by atoms with E-state index in [2.05, 4.69) is 9.97 Å². The van der Waals surface area contributed by atoms with Gasteiger partial charge in [-0.05, 0) is 24.3 Å². The number of ether oxygens (including phenoxy) is 1. The van der Waals surface area contributed by atoms with E-state index >= 15 is 0 Å². The molecule has 0 saturated carbocycles. The zero-order valence-electron chi connectivity index (χ0n) is 11.6. The maximum Gasteiger partial charge on any atom is 0.162 e. The van der Waals surface area contributed by atoms with Gasteiger partial charge in [0.2, 0.25) is 0 Å². The molecule has 0 radical (unpaired) electrons. The number of nitrogens with zero attached hydrogens (tertiary/aromatic N) is 2. The van der Waals surface area contributed by atoms with E-state index in [9.17, 15) is 4.39 Å². The molecule has 7 heteroatoms. The Morgan fingerprint density at radius 1 is 1.14 bits per heavy atom. The highest BCUT2D eigenvalue weighted by atomic mass is 35.5. The Kier molecular flexibility index (Phi) is 3.46. The number of rotatable bonds is 2. The third kappa shape index (κ3) is 2.37. The summed E-state index contributed by atoms with van der Waals surface area (Å²) in [6.45, 7) is 0. The largest absolute Gasteiger partial charge is 0.495 e. The van der Waals surface area contributed by atoms with E-state index in [0.29, 0.717) is 33.7 Å². The van der Waals surface area contributed by atoms with Gasteiger partial charge in [0.15, 0.2) is 5.82 Å². The first-order valence-corrected chi connectivity index (χ1v) is 6.73. The van der Waals surface area contributed by atoms with Gasteiger partial charge in [-0.25, -0.2) is 14.4 Å². The van der Waals surface area contributed by atoms with Crippen molar-refractivity contribution in [2.45, 2.75) is 0 Å². The normalized spacial score (nSPS) is 10.9. The number of nitrogens with two attached hydrogens (primary N) is 2. The van der Waals surface area contributed by atoms with Crippen LogP contribution in [0, 0.1) is 5.82 Å². The van der Waals surface area contributed by atoms with Gasteiger partial charge in [-0.3, -0.25) is 0 Å². The lowest BCUT2D eigenvalue weighted by Gasteiger charge is -2.09. The molecule has 1 heterocycles. The lowest BCUT2D eigenvalue weighted by Crippen LogP contribution is -2.00. The van der Waals surface area contributed by atoms with E-state index in [1.165, 1.54) is 25.3 Å². The number of aromatic nitrogens is 2. The average Bonchev–Trinajstić information content (AvgIpc) is 2.50. The molecule has 22 heavy (non-hydrogen) atoms. The number of anilines is 2. The molecule has 3 rings (SSSR count). The smallest absolute Gasteiger partial charge is 0.162 e. The number of hydrogen-bond acceptors (Lipinski definition) is 5. The molecule has 1 aromatic heterocycles. The van der Waals surface area contributed by atoms with Crippen molar-refractivity contribution in [1.29, 1.82) is 0 Å². The minimum atomic E-state index is -0.506. The van der Waals surface area contributed by atoms with Gasteiger partial charge < -0.3 is 16.2 Å². The molecule has 0 amide bonds. The van der Waals surface area contributed by atoms with Crippen LogP contribution >= 0.6 is 11.6 Å². The standard InChI is InChI=1S/C15H12ClFN4O/c1-22-13-6-12-8(5-11(13)18)14(19)21-15(20-12)7-2-3-10(17)9(16)4-7/h2-6H,18H2,1H3,(H2,19,20,21). The summed E-state index contributed by atoms with van der Waals surface area (Å²) < 4.78 is 18.4. The van der Waals surface area contributed by atoms with Crippen LogP contribution in [-0.2, 0) is 0 Å². The Balaban J connectivity index is 2.23. The molecule has 0 aliphatic rings. The van der Waals surface area contributed by atoms with E-state index in [0.717, 1.165) is 0 Å². The summed E-state index contributed by atoms with van der Waals surface area (Å²) in [5.74, 6) is 0.607. The Morgan fingerprint density at radius 2 is 1.91 bits per heavy atom. The average molecular weight is 319 g/mol. The first kappa shape index (κ1) is 14.3. The van der Waals surface area contributed by atoms with Gasteiger partial charge in [-0.1, -0.05) is 11.6 Å². The molecule has 0 atom stereocenters. The number of hydrogen-bond donors (Lipinski definition) is 2. The fourth-order valence-corrected chi connectivity index (χ4v) is 2.32. The molecule has 112 valence electrons. The summed E-state index contributed by atoms with van der Waals surface area (Å²) in [4.78, 5) is 8.65. The van der Waals surface area contributed by atoms with Gasteiger partial charge in [0, 0.05) is 17.0 Å². The second-order valence-corrected chi connectivity index (χ2v) is 5.08. The van der Waals surface area contributed by atoms with Crippen molar-refractivity contribution >= 4 is 34.0 Å². The number of fused-ring (bicyclic) bond motifs is 1. The van der Waals surface area contributed by atoms with E-state index in [4.69, 9.17) is 27.8 Å². The van der Waals surface area contributed by atoms with E-state index < -0.39 is 5.82 Å². The van der Waals surface area contributed by atoms with Crippen LogP contribution in [0.3, 0.4) is 0 Å². The van der Waals surface area contributed by atoms with Crippen molar-refractivity contribution in [2.24, 2.45) is 0 Å². The Morgan fingerprint density at radius 3 is 2.59 bits per heavy atom. The second-order valence-electron chi connectivity index (χ2n) is 4.67. The lowest BCUT2D eigenvalue weighted by atomic mass is 10.1. The molecule has 0 fully saturated rings. The van der Waals surface area contributed by atoms with Crippen LogP contribution in [0.5, 0.6) is 5.75 Å². The first-order valence-electron chi connectivity index (χ1n) is 6.35. The van der Waals surface area contributed by atoms with Gasteiger partial charge in [0.25, 0.3) is 0 Å².